The highest BCUT2D eigenvalue weighted by Gasteiger charge is 2.14. The van der Waals surface area contributed by atoms with Gasteiger partial charge < -0.3 is 15.8 Å². The Morgan fingerprint density at radius 3 is 3.10 bits per heavy atom. The molecule has 0 aliphatic heterocycles. The molecule has 0 aliphatic rings. The number of ether oxygens (including phenoxy) is 1. The van der Waals surface area contributed by atoms with E-state index in [0.29, 0.717) is 30.2 Å². The lowest BCUT2D eigenvalue weighted by molar-refractivity contribution is 0.0527. The van der Waals surface area contributed by atoms with Gasteiger partial charge in [0.15, 0.2) is 0 Å². The standard InChI is InChI=1S/C14H17N3O2S/c1-2-19-14(18)12-7-11(15)8-17-13(12)16-5-3-10-4-6-20-9-10/h4,6-9H,2-3,5,15H2,1H3,(H,16,17). The fraction of sp³-hybridized carbons (Fsp3) is 0.286. The molecule has 0 bridgehead atoms. The second kappa shape index (κ2) is 6.91. The van der Waals surface area contributed by atoms with E-state index < -0.39 is 5.97 Å². The van der Waals surface area contributed by atoms with Gasteiger partial charge in [-0.1, -0.05) is 0 Å². The second-order valence-electron chi connectivity index (χ2n) is 4.19. The average molecular weight is 291 g/mol. The first-order valence-electron chi connectivity index (χ1n) is 6.38. The first kappa shape index (κ1) is 14.3. The van der Waals surface area contributed by atoms with Crippen LogP contribution in [0, 0.1) is 0 Å². The summed E-state index contributed by atoms with van der Waals surface area (Å²) in [6, 6.07) is 3.66. The second-order valence-corrected chi connectivity index (χ2v) is 4.97. The van der Waals surface area contributed by atoms with Crippen LogP contribution in [0.2, 0.25) is 0 Å². The van der Waals surface area contributed by atoms with E-state index in [0.717, 1.165) is 6.42 Å². The zero-order valence-corrected chi connectivity index (χ0v) is 12.1. The number of nitrogens with zero attached hydrogens (tertiary/aromatic N) is 1. The molecule has 0 atom stereocenters. The summed E-state index contributed by atoms with van der Waals surface area (Å²) in [7, 11) is 0. The van der Waals surface area contributed by atoms with E-state index in [-0.39, 0.29) is 0 Å². The van der Waals surface area contributed by atoms with Crippen LogP contribution in [0.4, 0.5) is 11.5 Å². The van der Waals surface area contributed by atoms with E-state index >= 15 is 0 Å². The molecule has 2 rings (SSSR count). The largest absolute Gasteiger partial charge is 0.462 e. The summed E-state index contributed by atoms with van der Waals surface area (Å²) in [6.07, 6.45) is 2.40. The van der Waals surface area contributed by atoms with E-state index in [4.69, 9.17) is 10.5 Å². The molecular weight excluding hydrogens is 274 g/mol. The predicted molar refractivity (Wildman–Crippen MR) is 81.1 cm³/mol. The number of pyridine rings is 1. The number of nitrogens with one attached hydrogen (secondary N) is 1. The Hall–Kier alpha value is -2.08. The van der Waals surface area contributed by atoms with Crippen molar-refractivity contribution >= 4 is 28.8 Å². The van der Waals surface area contributed by atoms with Crippen molar-refractivity contribution in [2.24, 2.45) is 0 Å². The van der Waals surface area contributed by atoms with Crippen molar-refractivity contribution in [1.82, 2.24) is 4.98 Å². The van der Waals surface area contributed by atoms with Gasteiger partial charge in [0, 0.05) is 6.54 Å². The van der Waals surface area contributed by atoms with Crippen LogP contribution in [-0.4, -0.2) is 24.1 Å². The molecule has 0 aromatic carbocycles. The molecule has 20 heavy (non-hydrogen) atoms. The molecule has 0 saturated carbocycles. The van der Waals surface area contributed by atoms with E-state index in [1.165, 1.54) is 11.8 Å². The van der Waals surface area contributed by atoms with Crippen LogP contribution < -0.4 is 11.1 Å². The fourth-order valence-corrected chi connectivity index (χ4v) is 2.45. The third-order valence-corrected chi connectivity index (χ3v) is 3.42. The number of anilines is 2. The molecule has 5 nitrogen and oxygen atoms in total. The third-order valence-electron chi connectivity index (χ3n) is 2.69. The Bertz CT molecular complexity index is 570. The number of carbonyl (C=O) groups excluding carboxylic acids is 1. The smallest absolute Gasteiger partial charge is 0.341 e. The molecule has 0 spiro atoms. The molecule has 3 N–H and O–H groups in total. The van der Waals surface area contributed by atoms with E-state index in [1.807, 2.05) is 5.38 Å². The number of aromatic nitrogens is 1. The lowest BCUT2D eigenvalue weighted by atomic mass is 10.2. The highest BCUT2D eigenvalue weighted by Crippen LogP contribution is 2.17. The molecule has 2 aromatic rings. The van der Waals surface area contributed by atoms with Crippen LogP contribution in [0.15, 0.2) is 29.1 Å². The number of nitrogens with two attached hydrogens (primary N) is 1. The van der Waals surface area contributed by atoms with Crippen molar-refractivity contribution in [3.8, 4) is 0 Å². The van der Waals surface area contributed by atoms with Crippen LogP contribution in [0.5, 0.6) is 0 Å². The zero-order valence-electron chi connectivity index (χ0n) is 11.3. The van der Waals surface area contributed by atoms with Crippen molar-refractivity contribution < 1.29 is 9.53 Å². The minimum Gasteiger partial charge on any atom is -0.462 e. The molecular formula is C14H17N3O2S. The van der Waals surface area contributed by atoms with Crippen LogP contribution in [0.3, 0.4) is 0 Å². The van der Waals surface area contributed by atoms with Gasteiger partial charge in [-0.05, 0) is 41.8 Å². The summed E-state index contributed by atoms with van der Waals surface area (Å²) in [4.78, 5) is 16.0. The Kier molecular flexibility index (Phi) is 4.95. The summed E-state index contributed by atoms with van der Waals surface area (Å²) in [5.41, 5.74) is 7.74. The number of rotatable bonds is 6. The Morgan fingerprint density at radius 1 is 1.55 bits per heavy atom. The summed E-state index contributed by atoms with van der Waals surface area (Å²) in [6.45, 7) is 2.78. The van der Waals surface area contributed by atoms with Gasteiger partial charge in [-0.25, -0.2) is 9.78 Å². The Labute approximate surface area is 121 Å². The molecule has 6 heteroatoms. The fourth-order valence-electron chi connectivity index (χ4n) is 1.75. The molecule has 2 heterocycles. The summed E-state index contributed by atoms with van der Waals surface area (Å²) in [5, 5.41) is 7.30. The quantitative estimate of drug-likeness (QED) is 0.800. The first-order valence-corrected chi connectivity index (χ1v) is 7.32. The number of thiophene rings is 1. The number of nitrogen functional groups attached to an aromatic ring is 1. The van der Waals surface area contributed by atoms with Crippen LogP contribution >= 0.6 is 11.3 Å². The lowest BCUT2D eigenvalue weighted by Crippen LogP contribution is -2.13. The normalized spacial score (nSPS) is 10.2. The van der Waals surface area contributed by atoms with Crippen LogP contribution in [0.25, 0.3) is 0 Å². The van der Waals surface area contributed by atoms with Crippen LogP contribution in [-0.2, 0) is 11.2 Å². The van der Waals surface area contributed by atoms with Gasteiger partial charge in [0.1, 0.15) is 11.4 Å². The monoisotopic (exact) mass is 291 g/mol. The molecule has 0 radical (unpaired) electrons. The van der Waals surface area contributed by atoms with Gasteiger partial charge in [0.25, 0.3) is 0 Å². The highest BCUT2D eigenvalue weighted by atomic mass is 32.1. The van der Waals surface area contributed by atoms with E-state index in [2.05, 4.69) is 21.7 Å². The molecule has 0 amide bonds. The molecule has 0 unspecified atom stereocenters. The van der Waals surface area contributed by atoms with Gasteiger partial charge in [-0.15, -0.1) is 0 Å². The van der Waals surface area contributed by atoms with Crippen LogP contribution in [0.1, 0.15) is 22.8 Å². The molecule has 0 aliphatic carbocycles. The predicted octanol–water partition coefficient (Wildman–Crippen LogP) is 2.56. The first-order chi connectivity index (χ1) is 9.70. The van der Waals surface area contributed by atoms with E-state index in [1.54, 1.807) is 24.3 Å². The summed E-state index contributed by atoms with van der Waals surface area (Å²) >= 11 is 1.67. The third kappa shape index (κ3) is 3.71. The lowest BCUT2D eigenvalue weighted by Gasteiger charge is -2.10. The van der Waals surface area contributed by atoms with Gasteiger partial charge in [0.05, 0.1) is 18.5 Å². The van der Waals surface area contributed by atoms with Crippen molar-refractivity contribution in [2.75, 3.05) is 24.2 Å². The van der Waals surface area contributed by atoms with Crippen molar-refractivity contribution in [2.45, 2.75) is 13.3 Å². The molecule has 2 aromatic heterocycles. The van der Waals surface area contributed by atoms with E-state index in [9.17, 15) is 4.79 Å². The number of carbonyl (C=O) groups is 1. The minimum absolute atomic E-state index is 0.321. The minimum atomic E-state index is -0.412. The molecule has 0 saturated heterocycles. The van der Waals surface area contributed by atoms with Crippen molar-refractivity contribution in [3.63, 3.8) is 0 Å². The summed E-state index contributed by atoms with van der Waals surface area (Å²) < 4.78 is 5.00. The Balaban J connectivity index is 2.04. The summed E-state index contributed by atoms with van der Waals surface area (Å²) in [5.74, 6) is 0.0956. The number of esters is 1. The highest BCUT2D eigenvalue weighted by molar-refractivity contribution is 7.07. The number of hydrogen-bond acceptors (Lipinski definition) is 6. The number of hydrogen-bond donors (Lipinski definition) is 2. The maximum Gasteiger partial charge on any atom is 0.341 e. The van der Waals surface area contributed by atoms with Gasteiger partial charge in [0.2, 0.25) is 0 Å². The molecule has 106 valence electrons. The molecule has 0 fully saturated rings. The van der Waals surface area contributed by atoms with Crippen molar-refractivity contribution in [1.29, 1.82) is 0 Å². The zero-order chi connectivity index (χ0) is 14.4. The topological polar surface area (TPSA) is 77.2 Å². The SMILES string of the molecule is CCOC(=O)c1cc(N)cnc1NCCc1ccsc1. The Morgan fingerprint density at radius 2 is 2.40 bits per heavy atom. The van der Waals surface area contributed by atoms with Gasteiger partial charge in [-0.2, -0.15) is 11.3 Å². The maximum absolute atomic E-state index is 11.9. The maximum atomic E-state index is 11.9. The van der Waals surface area contributed by atoms with Gasteiger partial charge in [-0.3, -0.25) is 0 Å². The van der Waals surface area contributed by atoms with Gasteiger partial charge >= 0.3 is 5.97 Å². The average Bonchev–Trinajstić information content (AvgIpc) is 2.94. The van der Waals surface area contributed by atoms with Crippen molar-refractivity contribution in [3.05, 3.63) is 40.2 Å².